The van der Waals surface area contributed by atoms with Gasteiger partial charge in [0.25, 0.3) is 0 Å². The van der Waals surface area contributed by atoms with Gasteiger partial charge in [-0.15, -0.1) is 0 Å². The topological polar surface area (TPSA) is 228 Å². The molecule has 0 heterocycles. The van der Waals surface area contributed by atoms with Crippen LogP contribution in [0.3, 0.4) is 0 Å². The van der Waals surface area contributed by atoms with Crippen molar-refractivity contribution in [2.75, 3.05) is 6.61 Å². The second-order valence-electron chi connectivity index (χ2n) is 6.09. The summed E-state index contributed by atoms with van der Waals surface area (Å²) in [5.74, 6) is -5.61. The van der Waals surface area contributed by atoms with Gasteiger partial charge in [-0.1, -0.05) is 0 Å². The highest BCUT2D eigenvalue weighted by molar-refractivity contribution is 5.94. The molecular weight excluding hydrogens is 380 g/mol. The minimum atomic E-state index is -1.60. The Balaban J connectivity index is 5.09. The first-order chi connectivity index (χ1) is 12.9. The second-order valence-corrected chi connectivity index (χ2v) is 6.09. The molecule has 0 saturated heterocycles. The largest absolute Gasteiger partial charge is 0.481 e. The van der Waals surface area contributed by atoms with Gasteiger partial charge in [0.15, 0.2) is 0 Å². The molecule has 0 aromatic carbocycles. The zero-order valence-electron chi connectivity index (χ0n) is 15.4. The fourth-order valence-corrected chi connectivity index (χ4v) is 1.94. The van der Waals surface area contributed by atoms with Crippen LogP contribution in [-0.2, 0) is 24.0 Å². The maximum atomic E-state index is 12.2. The third-order valence-corrected chi connectivity index (χ3v) is 3.55. The van der Waals surface area contributed by atoms with E-state index in [0.29, 0.717) is 0 Å². The zero-order chi connectivity index (χ0) is 22.0. The monoisotopic (exact) mass is 406 g/mol. The molecule has 9 N–H and O–H groups in total. The molecule has 5 atom stereocenters. The Hall–Kier alpha value is -2.77. The molecular formula is C15H26N4O9. The van der Waals surface area contributed by atoms with Gasteiger partial charge in [-0.25, -0.2) is 4.79 Å². The van der Waals surface area contributed by atoms with E-state index in [0.717, 1.165) is 0 Å². The molecule has 0 fully saturated rings. The van der Waals surface area contributed by atoms with E-state index < -0.39 is 79.4 Å². The van der Waals surface area contributed by atoms with Crippen molar-refractivity contribution in [3.05, 3.63) is 0 Å². The van der Waals surface area contributed by atoms with Crippen molar-refractivity contribution in [2.45, 2.75) is 57.0 Å². The number of nitrogens with two attached hydrogens (primary N) is 1. The average Bonchev–Trinajstić information content (AvgIpc) is 2.59. The van der Waals surface area contributed by atoms with E-state index >= 15 is 0 Å². The summed E-state index contributed by atoms with van der Waals surface area (Å²) in [5.41, 5.74) is 5.37. The fraction of sp³-hybridized carbons (Fsp3) is 0.667. The fourth-order valence-electron chi connectivity index (χ4n) is 1.94. The van der Waals surface area contributed by atoms with Crippen LogP contribution in [0.15, 0.2) is 0 Å². The van der Waals surface area contributed by atoms with Crippen LogP contribution >= 0.6 is 0 Å². The number of nitrogens with one attached hydrogen (secondary N) is 3. The summed E-state index contributed by atoms with van der Waals surface area (Å²) in [6, 6.07) is -5.62. The Labute approximate surface area is 160 Å². The van der Waals surface area contributed by atoms with Crippen molar-refractivity contribution in [3.8, 4) is 0 Å². The molecule has 0 radical (unpaired) electrons. The number of hydrogen-bond acceptors (Lipinski definition) is 8. The highest BCUT2D eigenvalue weighted by atomic mass is 16.4. The molecule has 13 nitrogen and oxygen atoms in total. The predicted octanol–water partition coefficient (Wildman–Crippen LogP) is -3.89. The van der Waals surface area contributed by atoms with Crippen LogP contribution in [-0.4, -0.2) is 87.0 Å². The number of aliphatic hydroxyl groups excluding tert-OH is 2. The summed E-state index contributed by atoms with van der Waals surface area (Å²) in [4.78, 5) is 57.7. The van der Waals surface area contributed by atoms with Gasteiger partial charge in [0.05, 0.1) is 18.8 Å². The Morgan fingerprint density at radius 2 is 1.43 bits per heavy atom. The molecule has 0 aliphatic carbocycles. The Morgan fingerprint density at radius 3 is 1.82 bits per heavy atom. The molecule has 0 aromatic heterocycles. The lowest BCUT2D eigenvalue weighted by atomic mass is 10.1. The van der Waals surface area contributed by atoms with Crippen molar-refractivity contribution >= 4 is 29.7 Å². The number of aliphatic hydroxyl groups is 2. The van der Waals surface area contributed by atoms with Crippen molar-refractivity contribution < 1.29 is 44.4 Å². The maximum absolute atomic E-state index is 12.2. The van der Waals surface area contributed by atoms with Gasteiger partial charge in [0.2, 0.25) is 17.7 Å². The number of carboxylic acid groups (broad SMARTS) is 2. The van der Waals surface area contributed by atoms with E-state index in [9.17, 15) is 34.2 Å². The summed E-state index contributed by atoms with van der Waals surface area (Å²) in [5, 5.41) is 42.9. The molecule has 0 spiro atoms. The second kappa shape index (κ2) is 11.8. The Morgan fingerprint density at radius 1 is 0.893 bits per heavy atom. The molecule has 160 valence electrons. The minimum absolute atomic E-state index is 0.413. The molecule has 0 aromatic rings. The van der Waals surface area contributed by atoms with Crippen molar-refractivity contribution in [1.82, 2.24) is 16.0 Å². The lowest BCUT2D eigenvalue weighted by molar-refractivity contribution is -0.143. The van der Waals surface area contributed by atoms with Gasteiger partial charge in [0, 0.05) is 6.42 Å². The first-order valence-corrected chi connectivity index (χ1v) is 8.30. The predicted molar refractivity (Wildman–Crippen MR) is 92.7 cm³/mol. The van der Waals surface area contributed by atoms with Crippen molar-refractivity contribution in [3.63, 3.8) is 0 Å². The van der Waals surface area contributed by atoms with Crippen LogP contribution in [0.25, 0.3) is 0 Å². The van der Waals surface area contributed by atoms with Gasteiger partial charge < -0.3 is 42.1 Å². The highest BCUT2D eigenvalue weighted by Crippen LogP contribution is 2.01. The molecule has 5 unspecified atom stereocenters. The zero-order valence-corrected chi connectivity index (χ0v) is 15.4. The molecule has 0 rings (SSSR count). The molecule has 13 heteroatoms. The van der Waals surface area contributed by atoms with Crippen molar-refractivity contribution in [2.24, 2.45) is 5.73 Å². The van der Waals surface area contributed by atoms with E-state index in [1.807, 2.05) is 5.32 Å². The lowest BCUT2D eigenvalue weighted by Gasteiger charge is -2.25. The van der Waals surface area contributed by atoms with Gasteiger partial charge in [-0.2, -0.15) is 0 Å². The molecule has 0 saturated carbocycles. The molecule has 28 heavy (non-hydrogen) atoms. The van der Waals surface area contributed by atoms with E-state index in [1.165, 1.54) is 13.8 Å². The average molecular weight is 406 g/mol. The number of rotatable bonds is 12. The third-order valence-electron chi connectivity index (χ3n) is 3.55. The highest BCUT2D eigenvalue weighted by Gasteiger charge is 2.31. The molecule has 0 bridgehead atoms. The Bertz CT molecular complexity index is 594. The van der Waals surface area contributed by atoms with Crippen LogP contribution < -0.4 is 21.7 Å². The standard InChI is InChI=1S/C15H26N4O9/c1-6(16)12(24)19-11(7(2)21)14(26)18-9(5-20)13(25)17-8(15(27)28)3-4-10(22)23/h6-9,11,20-21H,3-5,16H2,1-2H3,(H,17,25)(H,18,26)(H,19,24)(H,22,23)(H,27,28). The number of hydrogen-bond donors (Lipinski definition) is 8. The first kappa shape index (κ1) is 25.2. The summed E-state index contributed by atoms with van der Waals surface area (Å²) in [7, 11) is 0. The van der Waals surface area contributed by atoms with Crippen LogP contribution in [0.1, 0.15) is 26.7 Å². The number of carbonyl (C=O) groups is 5. The number of amides is 3. The summed E-state index contributed by atoms with van der Waals surface area (Å²) >= 11 is 0. The lowest BCUT2D eigenvalue weighted by Crippen LogP contribution is -2.60. The van der Waals surface area contributed by atoms with Gasteiger partial charge in [-0.3, -0.25) is 19.2 Å². The number of aliphatic carboxylic acids is 2. The number of carbonyl (C=O) groups excluding carboxylic acids is 3. The number of carboxylic acids is 2. The van der Waals surface area contributed by atoms with Crippen LogP contribution in [0.2, 0.25) is 0 Å². The van der Waals surface area contributed by atoms with E-state index in [2.05, 4.69) is 10.6 Å². The normalized spacial score (nSPS) is 16.0. The SMILES string of the molecule is CC(N)C(=O)NC(C(=O)NC(CO)C(=O)NC(CCC(=O)O)C(=O)O)C(C)O. The van der Waals surface area contributed by atoms with Crippen LogP contribution in [0.5, 0.6) is 0 Å². The molecule has 0 aliphatic heterocycles. The summed E-state index contributed by atoms with van der Waals surface area (Å²) in [6.45, 7) is 1.63. The minimum Gasteiger partial charge on any atom is -0.481 e. The first-order valence-electron chi connectivity index (χ1n) is 8.30. The van der Waals surface area contributed by atoms with E-state index in [-0.39, 0.29) is 0 Å². The van der Waals surface area contributed by atoms with Crippen LogP contribution in [0, 0.1) is 0 Å². The van der Waals surface area contributed by atoms with Crippen molar-refractivity contribution in [1.29, 1.82) is 0 Å². The van der Waals surface area contributed by atoms with Gasteiger partial charge in [-0.05, 0) is 20.3 Å². The van der Waals surface area contributed by atoms with Gasteiger partial charge >= 0.3 is 11.9 Å². The quantitative estimate of drug-likeness (QED) is 0.157. The smallest absolute Gasteiger partial charge is 0.326 e. The van der Waals surface area contributed by atoms with Gasteiger partial charge in [0.1, 0.15) is 18.1 Å². The third kappa shape index (κ3) is 8.75. The summed E-state index contributed by atoms with van der Waals surface area (Å²) in [6.07, 6.45) is -2.31. The Kier molecular flexibility index (Phi) is 10.7. The maximum Gasteiger partial charge on any atom is 0.326 e. The van der Waals surface area contributed by atoms with Crippen LogP contribution in [0.4, 0.5) is 0 Å². The van der Waals surface area contributed by atoms with E-state index in [1.54, 1.807) is 0 Å². The molecule has 0 aliphatic rings. The summed E-state index contributed by atoms with van der Waals surface area (Å²) < 4.78 is 0. The molecule has 3 amide bonds. The van der Waals surface area contributed by atoms with E-state index in [4.69, 9.17) is 15.9 Å².